The van der Waals surface area contributed by atoms with Crippen LogP contribution >= 0.6 is 11.3 Å². The van der Waals surface area contributed by atoms with Gasteiger partial charge in [-0.1, -0.05) is 6.07 Å². The molecule has 2 N–H and O–H groups in total. The fourth-order valence-corrected chi connectivity index (χ4v) is 3.49. The first-order valence-electron chi connectivity index (χ1n) is 5.45. The summed E-state index contributed by atoms with van der Waals surface area (Å²) in [5.41, 5.74) is 0. The lowest BCUT2D eigenvalue weighted by Crippen LogP contribution is -2.27. The van der Waals surface area contributed by atoms with Gasteiger partial charge in [0.2, 0.25) is 10.0 Å². The monoisotopic (exact) mass is 260 g/mol. The van der Waals surface area contributed by atoms with Gasteiger partial charge in [0.1, 0.15) is 4.21 Å². The van der Waals surface area contributed by atoms with E-state index in [4.69, 9.17) is 0 Å². The molecule has 0 spiro atoms. The number of sulfonamides is 1. The molecule has 0 saturated heterocycles. The summed E-state index contributed by atoms with van der Waals surface area (Å²) in [6.07, 6.45) is 3.36. The predicted octanol–water partition coefficient (Wildman–Crippen LogP) is 1.17. The zero-order valence-electron chi connectivity index (χ0n) is 8.98. The van der Waals surface area contributed by atoms with Crippen molar-refractivity contribution >= 4 is 21.4 Å². The third kappa shape index (κ3) is 3.55. The highest BCUT2D eigenvalue weighted by Gasteiger charge is 2.19. The first-order chi connectivity index (χ1) is 7.68. The van der Waals surface area contributed by atoms with Crippen LogP contribution in [0.25, 0.3) is 0 Å². The van der Waals surface area contributed by atoms with Crippen molar-refractivity contribution in [3.63, 3.8) is 0 Å². The van der Waals surface area contributed by atoms with Crippen LogP contribution in [0.2, 0.25) is 0 Å². The van der Waals surface area contributed by atoms with E-state index in [-0.39, 0.29) is 0 Å². The molecule has 0 radical (unpaired) electrons. The summed E-state index contributed by atoms with van der Waals surface area (Å²) in [6.45, 7) is 1.39. The van der Waals surface area contributed by atoms with Crippen LogP contribution in [0.3, 0.4) is 0 Å². The highest BCUT2D eigenvalue weighted by Crippen LogP contribution is 2.18. The molecule has 6 heteroatoms. The van der Waals surface area contributed by atoms with Crippen molar-refractivity contribution in [1.82, 2.24) is 10.0 Å². The van der Waals surface area contributed by atoms with Crippen LogP contribution in [0, 0.1) is 0 Å². The smallest absolute Gasteiger partial charge is 0.250 e. The van der Waals surface area contributed by atoms with Crippen molar-refractivity contribution in [2.24, 2.45) is 0 Å². The first kappa shape index (κ1) is 12.0. The zero-order chi connectivity index (χ0) is 11.4. The molecular formula is C10H16N2O2S2. The Labute approximate surface area is 100 Å². The third-order valence-electron chi connectivity index (χ3n) is 2.42. The Morgan fingerprint density at radius 2 is 2.19 bits per heavy atom. The van der Waals surface area contributed by atoms with Gasteiger partial charge >= 0.3 is 0 Å². The van der Waals surface area contributed by atoms with E-state index in [9.17, 15) is 8.42 Å². The van der Waals surface area contributed by atoms with E-state index in [1.807, 2.05) is 0 Å². The molecule has 0 amide bonds. The topological polar surface area (TPSA) is 58.2 Å². The van der Waals surface area contributed by atoms with E-state index in [1.54, 1.807) is 17.5 Å². The second kappa shape index (κ2) is 5.27. The molecule has 0 bridgehead atoms. The average Bonchev–Trinajstić information content (AvgIpc) is 2.89. The van der Waals surface area contributed by atoms with E-state index in [0.717, 1.165) is 13.0 Å². The molecular weight excluding hydrogens is 244 g/mol. The van der Waals surface area contributed by atoms with E-state index in [1.165, 1.54) is 24.2 Å². The van der Waals surface area contributed by atoms with Gasteiger partial charge in [0.15, 0.2) is 0 Å². The Hall–Kier alpha value is -0.430. The number of hydrogen-bond acceptors (Lipinski definition) is 4. The second-order valence-electron chi connectivity index (χ2n) is 3.91. The van der Waals surface area contributed by atoms with Crippen molar-refractivity contribution in [2.75, 3.05) is 13.1 Å². The summed E-state index contributed by atoms with van der Waals surface area (Å²) in [7, 11) is -3.26. The van der Waals surface area contributed by atoms with Gasteiger partial charge in [-0.3, -0.25) is 0 Å². The molecule has 2 rings (SSSR count). The van der Waals surface area contributed by atoms with Crippen LogP contribution in [0.4, 0.5) is 0 Å². The van der Waals surface area contributed by atoms with Gasteiger partial charge < -0.3 is 5.32 Å². The normalized spacial score (nSPS) is 16.5. The van der Waals surface area contributed by atoms with E-state index >= 15 is 0 Å². The molecule has 1 aromatic rings. The minimum absolute atomic E-state index is 0.391. The molecule has 0 aromatic carbocycles. The fraction of sp³-hybridized carbons (Fsp3) is 0.600. The zero-order valence-corrected chi connectivity index (χ0v) is 10.6. The molecule has 1 aromatic heterocycles. The van der Waals surface area contributed by atoms with E-state index < -0.39 is 10.0 Å². The maximum atomic E-state index is 11.7. The highest BCUT2D eigenvalue weighted by atomic mass is 32.2. The van der Waals surface area contributed by atoms with E-state index in [0.29, 0.717) is 16.8 Å². The first-order valence-corrected chi connectivity index (χ1v) is 7.81. The standard InChI is InChI=1S/C10H16N2O2S2/c13-16(14,10-3-1-8-15-10)12-7-2-6-11-9-4-5-9/h1,3,8-9,11-12H,2,4-7H2. The predicted molar refractivity (Wildman–Crippen MR) is 65.1 cm³/mol. The summed E-state index contributed by atoms with van der Waals surface area (Å²) >= 11 is 1.24. The largest absolute Gasteiger partial charge is 0.314 e. The van der Waals surface area contributed by atoms with Crippen molar-refractivity contribution < 1.29 is 8.42 Å². The minimum atomic E-state index is -3.26. The van der Waals surface area contributed by atoms with Crippen LogP contribution in [0.1, 0.15) is 19.3 Å². The molecule has 1 saturated carbocycles. The number of thiophene rings is 1. The van der Waals surface area contributed by atoms with Gasteiger partial charge in [0.05, 0.1) is 0 Å². The van der Waals surface area contributed by atoms with Crippen LogP contribution in [0.5, 0.6) is 0 Å². The lowest BCUT2D eigenvalue weighted by Gasteiger charge is -2.05. The van der Waals surface area contributed by atoms with Crippen LogP contribution in [0.15, 0.2) is 21.7 Å². The van der Waals surface area contributed by atoms with Crippen LogP contribution in [-0.4, -0.2) is 27.5 Å². The Balaban J connectivity index is 1.68. The van der Waals surface area contributed by atoms with E-state index in [2.05, 4.69) is 10.0 Å². The fourth-order valence-electron chi connectivity index (χ4n) is 1.38. The van der Waals surface area contributed by atoms with Crippen LogP contribution in [-0.2, 0) is 10.0 Å². The molecule has 1 fully saturated rings. The maximum absolute atomic E-state index is 11.7. The molecule has 0 atom stereocenters. The molecule has 1 aliphatic carbocycles. The Bertz CT molecular complexity index is 410. The number of nitrogens with one attached hydrogen (secondary N) is 2. The lowest BCUT2D eigenvalue weighted by atomic mass is 10.4. The van der Waals surface area contributed by atoms with Crippen LogP contribution < -0.4 is 10.0 Å². The third-order valence-corrected chi connectivity index (χ3v) is 5.27. The van der Waals surface area contributed by atoms with Gasteiger partial charge in [0, 0.05) is 12.6 Å². The SMILES string of the molecule is O=S(=O)(NCCCNC1CC1)c1cccs1. The van der Waals surface area contributed by atoms with Crippen molar-refractivity contribution in [3.05, 3.63) is 17.5 Å². The minimum Gasteiger partial charge on any atom is -0.314 e. The maximum Gasteiger partial charge on any atom is 0.250 e. The average molecular weight is 260 g/mol. The van der Waals surface area contributed by atoms with Crippen molar-refractivity contribution in [1.29, 1.82) is 0 Å². The summed E-state index contributed by atoms with van der Waals surface area (Å²) < 4.78 is 26.4. The number of hydrogen-bond donors (Lipinski definition) is 2. The van der Waals surface area contributed by atoms with Gasteiger partial charge in [0.25, 0.3) is 0 Å². The summed E-state index contributed by atoms with van der Waals surface area (Å²) in [5, 5.41) is 5.11. The molecule has 1 aliphatic rings. The Morgan fingerprint density at radius 3 is 2.81 bits per heavy atom. The molecule has 0 aliphatic heterocycles. The molecule has 1 heterocycles. The van der Waals surface area contributed by atoms with Crippen molar-refractivity contribution in [3.8, 4) is 0 Å². The van der Waals surface area contributed by atoms with Crippen molar-refractivity contribution in [2.45, 2.75) is 29.5 Å². The highest BCUT2D eigenvalue weighted by molar-refractivity contribution is 7.91. The lowest BCUT2D eigenvalue weighted by molar-refractivity contribution is 0.575. The summed E-state index contributed by atoms with van der Waals surface area (Å²) in [4.78, 5) is 0. The molecule has 0 unspecified atom stereocenters. The molecule has 90 valence electrons. The Kier molecular flexibility index (Phi) is 3.96. The van der Waals surface area contributed by atoms with Gasteiger partial charge in [-0.25, -0.2) is 13.1 Å². The number of rotatable bonds is 7. The second-order valence-corrected chi connectivity index (χ2v) is 6.85. The molecule has 4 nitrogen and oxygen atoms in total. The molecule has 16 heavy (non-hydrogen) atoms. The summed E-state index contributed by atoms with van der Waals surface area (Å²) in [5.74, 6) is 0. The van der Waals surface area contributed by atoms with Gasteiger partial charge in [-0.15, -0.1) is 11.3 Å². The Morgan fingerprint density at radius 1 is 1.38 bits per heavy atom. The van der Waals surface area contributed by atoms with Gasteiger partial charge in [-0.2, -0.15) is 0 Å². The van der Waals surface area contributed by atoms with Gasteiger partial charge in [-0.05, 0) is 37.3 Å². The summed E-state index contributed by atoms with van der Waals surface area (Å²) in [6, 6.07) is 4.05. The quantitative estimate of drug-likeness (QED) is 0.724.